The molecule has 2 rings (SSSR count). The molecule has 2 heterocycles. The molecule has 0 saturated carbocycles. The van der Waals surface area contributed by atoms with Crippen LogP contribution in [0.15, 0.2) is 0 Å². The standard InChI is InChI=1S/C9H14N4O/c10-5-8-6-1-3-14-4-2-7(6)12-9(11)13-8/h1-5,10H2,(H2,11,12,13). The topological polar surface area (TPSA) is 87.0 Å². The second-order valence-corrected chi connectivity index (χ2v) is 3.27. The van der Waals surface area contributed by atoms with Gasteiger partial charge in [0.25, 0.3) is 0 Å². The van der Waals surface area contributed by atoms with E-state index in [-0.39, 0.29) is 0 Å². The molecule has 0 radical (unpaired) electrons. The van der Waals surface area contributed by atoms with Crippen molar-refractivity contribution in [2.45, 2.75) is 19.4 Å². The summed E-state index contributed by atoms with van der Waals surface area (Å²) in [6, 6.07) is 0. The molecule has 1 aromatic rings. The number of nitrogens with two attached hydrogens (primary N) is 2. The van der Waals surface area contributed by atoms with Gasteiger partial charge in [0.1, 0.15) is 0 Å². The summed E-state index contributed by atoms with van der Waals surface area (Å²) in [6.07, 6.45) is 1.64. The van der Waals surface area contributed by atoms with Crippen molar-refractivity contribution in [1.82, 2.24) is 9.97 Å². The molecule has 0 saturated heterocycles. The van der Waals surface area contributed by atoms with E-state index in [0.29, 0.717) is 25.7 Å². The highest BCUT2D eigenvalue weighted by Crippen LogP contribution is 2.16. The van der Waals surface area contributed by atoms with Gasteiger partial charge in [-0.3, -0.25) is 0 Å². The predicted molar refractivity (Wildman–Crippen MR) is 52.6 cm³/mol. The summed E-state index contributed by atoms with van der Waals surface area (Å²) in [5.41, 5.74) is 14.2. The Balaban J connectivity index is 2.46. The lowest BCUT2D eigenvalue weighted by molar-refractivity contribution is 0.146. The van der Waals surface area contributed by atoms with Crippen LogP contribution in [0.5, 0.6) is 0 Å². The molecule has 0 bridgehead atoms. The molecule has 0 spiro atoms. The van der Waals surface area contributed by atoms with Gasteiger partial charge in [0, 0.05) is 13.0 Å². The number of hydrogen-bond donors (Lipinski definition) is 2. The number of nitrogens with zero attached hydrogens (tertiary/aromatic N) is 2. The zero-order chi connectivity index (χ0) is 9.97. The van der Waals surface area contributed by atoms with E-state index in [4.69, 9.17) is 16.2 Å². The monoisotopic (exact) mass is 194 g/mol. The summed E-state index contributed by atoms with van der Waals surface area (Å²) in [5, 5.41) is 0. The Morgan fingerprint density at radius 3 is 2.79 bits per heavy atom. The molecule has 1 aliphatic heterocycles. The van der Waals surface area contributed by atoms with Crippen molar-refractivity contribution in [1.29, 1.82) is 0 Å². The Kier molecular flexibility index (Phi) is 2.60. The highest BCUT2D eigenvalue weighted by Gasteiger charge is 2.14. The summed E-state index contributed by atoms with van der Waals surface area (Å²) in [6.45, 7) is 1.83. The number of anilines is 1. The molecule has 0 amide bonds. The van der Waals surface area contributed by atoms with Gasteiger partial charge >= 0.3 is 0 Å². The zero-order valence-electron chi connectivity index (χ0n) is 7.99. The van der Waals surface area contributed by atoms with Gasteiger partial charge in [-0.15, -0.1) is 0 Å². The smallest absolute Gasteiger partial charge is 0.220 e. The fourth-order valence-electron chi connectivity index (χ4n) is 1.71. The van der Waals surface area contributed by atoms with Crippen LogP contribution in [-0.4, -0.2) is 23.2 Å². The van der Waals surface area contributed by atoms with Crippen LogP contribution in [0.4, 0.5) is 5.95 Å². The molecule has 5 heteroatoms. The molecule has 0 unspecified atom stereocenters. The molecule has 5 nitrogen and oxygen atoms in total. The third kappa shape index (κ3) is 1.69. The number of fused-ring (bicyclic) bond motifs is 1. The average molecular weight is 194 g/mol. The van der Waals surface area contributed by atoms with Crippen molar-refractivity contribution in [3.05, 3.63) is 17.0 Å². The van der Waals surface area contributed by atoms with E-state index in [1.54, 1.807) is 0 Å². The molecule has 76 valence electrons. The third-order valence-corrected chi connectivity index (χ3v) is 2.37. The fourth-order valence-corrected chi connectivity index (χ4v) is 1.71. The van der Waals surface area contributed by atoms with Gasteiger partial charge in [-0.1, -0.05) is 0 Å². The molecule has 0 aliphatic carbocycles. The molecule has 0 atom stereocenters. The number of nitrogen functional groups attached to an aromatic ring is 1. The van der Waals surface area contributed by atoms with E-state index in [1.165, 1.54) is 0 Å². The normalized spacial score (nSPS) is 16.1. The lowest BCUT2D eigenvalue weighted by Crippen LogP contribution is -2.12. The Bertz CT molecular complexity index is 340. The minimum absolute atomic E-state index is 0.311. The van der Waals surface area contributed by atoms with E-state index in [2.05, 4.69) is 9.97 Å². The van der Waals surface area contributed by atoms with E-state index in [9.17, 15) is 0 Å². The van der Waals surface area contributed by atoms with Crippen LogP contribution in [0, 0.1) is 0 Å². The summed E-state index contributed by atoms with van der Waals surface area (Å²) < 4.78 is 5.37. The van der Waals surface area contributed by atoms with E-state index in [0.717, 1.165) is 29.8 Å². The van der Waals surface area contributed by atoms with Crippen molar-refractivity contribution in [3.63, 3.8) is 0 Å². The summed E-state index contributed by atoms with van der Waals surface area (Å²) >= 11 is 0. The average Bonchev–Trinajstić information content (AvgIpc) is 2.41. The van der Waals surface area contributed by atoms with Crippen LogP contribution in [0.1, 0.15) is 17.0 Å². The van der Waals surface area contributed by atoms with Crippen molar-refractivity contribution >= 4 is 5.95 Å². The largest absolute Gasteiger partial charge is 0.381 e. The van der Waals surface area contributed by atoms with Gasteiger partial charge in [-0.05, 0) is 12.0 Å². The van der Waals surface area contributed by atoms with Crippen LogP contribution in [-0.2, 0) is 24.1 Å². The van der Waals surface area contributed by atoms with Crippen LogP contribution in [0.3, 0.4) is 0 Å². The first-order chi connectivity index (χ1) is 6.81. The van der Waals surface area contributed by atoms with E-state index >= 15 is 0 Å². The van der Waals surface area contributed by atoms with Crippen molar-refractivity contribution in [3.8, 4) is 0 Å². The molecule has 1 aromatic heterocycles. The lowest BCUT2D eigenvalue weighted by atomic mass is 10.1. The van der Waals surface area contributed by atoms with Crippen LogP contribution in [0.2, 0.25) is 0 Å². The quantitative estimate of drug-likeness (QED) is 0.637. The van der Waals surface area contributed by atoms with Gasteiger partial charge in [-0.2, -0.15) is 0 Å². The second-order valence-electron chi connectivity index (χ2n) is 3.27. The highest BCUT2D eigenvalue weighted by molar-refractivity contribution is 5.32. The number of aromatic nitrogens is 2. The van der Waals surface area contributed by atoms with Crippen molar-refractivity contribution < 1.29 is 4.74 Å². The van der Waals surface area contributed by atoms with Crippen LogP contribution >= 0.6 is 0 Å². The first-order valence-electron chi connectivity index (χ1n) is 4.73. The Labute approximate surface area is 82.5 Å². The lowest BCUT2D eigenvalue weighted by Gasteiger charge is -2.09. The summed E-state index contributed by atoms with van der Waals surface area (Å²) in [5.74, 6) is 0.311. The molecular weight excluding hydrogens is 180 g/mol. The van der Waals surface area contributed by atoms with Gasteiger partial charge in [0.2, 0.25) is 5.95 Å². The SMILES string of the molecule is NCc1nc(N)nc2c1CCOCC2. The van der Waals surface area contributed by atoms with Crippen LogP contribution in [0.25, 0.3) is 0 Å². The van der Waals surface area contributed by atoms with Gasteiger partial charge in [-0.25, -0.2) is 9.97 Å². The van der Waals surface area contributed by atoms with E-state index < -0.39 is 0 Å². The molecule has 14 heavy (non-hydrogen) atoms. The third-order valence-electron chi connectivity index (χ3n) is 2.37. The maximum Gasteiger partial charge on any atom is 0.220 e. The number of hydrogen-bond acceptors (Lipinski definition) is 5. The Hall–Kier alpha value is -1.20. The van der Waals surface area contributed by atoms with Crippen molar-refractivity contribution in [2.24, 2.45) is 5.73 Å². The van der Waals surface area contributed by atoms with Gasteiger partial charge < -0.3 is 16.2 Å². The minimum Gasteiger partial charge on any atom is -0.381 e. The molecule has 1 aliphatic rings. The second kappa shape index (κ2) is 3.89. The Morgan fingerprint density at radius 2 is 2.00 bits per heavy atom. The maximum absolute atomic E-state index is 5.61. The van der Waals surface area contributed by atoms with Gasteiger partial charge in [0.05, 0.1) is 24.6 Å². The zero-order valence-corrected chi connectivity index (χ0v) is 7.99. The van der Waals surface area contributed by atoms with Gasteiger partial charge in [0.15, 0.2) is 0 Å². The predicted octanol–water partition coefficient (Wildman–Crippen LogP) is -0.367. The minimum atomic E-state index is 0.311. The molecule has 0 aromatic carbocycles. The van der Waals surface area contributed by atoms with E-state index in [1.807, 2.05) is 0 Å². The molecule has 0 fully saturated rings. The van der Waals surface area contributed by atoms with Crippen molar-refractivity contribution in [2.75, 3.05) is 18.9 Å². The first kappa shape index (κ1) is 9.36. The summed E-state index contributed by atoms with van der Waals surface area (Å²) in [4.78, 5) is 8.35. The maximum atomic E-state index is 5.61. The molecule has 4 N–H and O–H groups in total. The number of ether oxygens (including phenoxy) is 1. The highest BCUT2D eigenvalue weighted by atomic mass is 16.5. The fraction of sp³-hybridized carbons (Fsp3) is 0.556. The Morgan fingerprint density at radius 1 is 1.21 bits per heavy atom. The van der Waals surface area contributed by atoms with Crippen LogP contribution < -0.4 is 11.5 Å². The number of rotatable bonds is 1. The summed E-state index contributed by atoms with van der Waals surface area (Å²) in [7, 11) is 0. The first-order valence-corrected chi connectivity index (χ1v) is 4.73. The molecular formula is C9H14N4O.